The van der Waals surface area contributed by atoms with Crippen LogP contribution in [0.4, 0.5) is 0 Å². The fraction of sp³-hybridized carbons (Fsp3) is 0.400. The Kier molecular flexibility index (Phi) is 3.60. The summed E-state index contributed by atoms with van der Waals surface area (Å²) in [4.78, 5) is 11.1. The molecule has 6 heteroatoms. The SMILES string of the molecule is Cc1c(OCc2nnc3n2CCCC3)cccc1C(=O)O. The number of carboxylic acid groups (broad SMARTS) is 1. The number of benzene rings is 1. The van der Waals surface area contributed by atoms with E-state index in [1.54, 1.807) is 25.1 Å². The van der Waals surface area contributed by atoms with Crippen molar-refractivity contribution in [1.82, 2.24) is 14.8 Å². The standard InChI is InChI=1S/C15H17N3O3/c1-10-11(15(19)20)5-4-6-12(10)21-9-14-17-16-13-7-2-3-8-18(13)14/h4-6H,2-3,7-9H2,1H3,(H,19,20). The minimum absolute atomic E-state index is 0.260. The average Bonchev–Trinajstić information content (AvgIpc) is 2.89. The smallest absolute Gasteiger partial charge is 0.336 e. The Balaban J connectivity index is 1.78. The highest BCUT2D eigenvalue weighted by atomic mass is 16.5. The number of carboxylic acids is 1. The third-order valence-corrected chi connectivity index (χ3v) is 3.81. The molecule has 1 aliphatic heterocycles. The molecule has 0 aliphatic carbocycles. The summed E-state index contributed by atoms with van der Waals surface area (Å²) in [6.45, 7) is 2.98. The second kappa shape index (κ2) is 5.55. The molecule has 6 nitrogen and oxygen atoms in total. The summed E-state index contributed by atoms with van der Waals surface area (Å²) < 4.78 is 7.85. The average molecular weight is 287 g/mol. The molecule has 0 saturated heterocycles. The number of aryl methyl sites for hydroxylation is 1. The van der Waals surface area contributed by atoms with Crippen LogP contribution >= 0.6 is 0 Å². The molecule has 2 heterocycles. The maximum absolute atomic E-state index is 11.1. The summed E-state index contributed by atoms with van der Waals surface area (Å²) in [5.41, 5.74) is 0.888. The van der Waals surface area contributed by atoms with Gasteiger partial charge in [0.2, 0.25) is 0 Å². The van der Waals surface area contributed by atoms with Gasteiger partial charge >= 0.3 is 5.97 Å². The van der Waals surface area contributed by atoms with Gasteiger partial charge in [0.1, 0.15) is 18.2 Å². The van der Waals surface area contributed by atoms with Crippen LogP contribution in [0, 0.1) is 6.92 Å². The van der Waals surface area contributed by atoms with Crippen molar-refractivity contribution in [3.8, 4) is 5.75 Å². The van der Waals surface area contributed by atoms with E-state index < -0.39 is 5.97 Å². The normalized spacial score (nSPS) is 13.8. The topological polar surface area (TPSA) is 77.2 Å². The van der Waals surface area contributed by atoms with Crippen molar-refractivity contribution in [2.24, 2.45) is 0 Å². The Labute approximate surface area is 122 Å². The molecule has 1 aromatic carbocycles. The number of ether oxygens (including phenoxy) is 1. The Hall–Kier alpha value is -2.37. The van der Waals surface area contributed by atoms with Gasteiger partial charge in [-0.2, -0.15) is 0 Å². The van der Waals surface area contributed by atoms with Gasteiger partial charge in [-0.3, -0.25) is 0 Å². The van der Waals surface area contributed by atoms with Crippen molar-refractivity contribution in [3.05, 3.63) is 41.0 Å². The summed E-state index contributed by atoms with van der Waals surface area (Å²) in [6.07, 6.45) is 3.24. The lowest BCUT2D eigenvalue weighted by atomic mass is 10.1. The Bertz CT molecular complexity index is 679. The minimum Gasteiger partial charge on any atom is -0.485 e. The molecular weight excluding hydrogens is 270 g/mol. The predicted molar refractivity (Wildman–Crippen MR) is 75.4 cm³/mol. The molecule has 0 fully saturated rings. The molecule has 0 radical (unpaired) electrons. The van der Waals surface area contributed by atoms with Crippen LogP contribution in [0.15, 0.2) is 18.2 Å². The molecule has 3 rings (SSSR count). The predicted octanol–water partition coefficient (Wildman–Crippen LogP) is 2.20. The minimum atomic E-state index is -0.946. The van der Waals surface area contributed by atoms with Gasteiger partial charge in [-0.1, -0.05) is 6.07 Å². The molecule has 0 spiro atoms. The Morgan fingerprint density at radius 2 is 2.24 bits per heavy atom. The van der Waals surface area contributed by atoms with E-state index in [9.17, 15) is 4.79 Å². The summed E-state index contributed by atoms with van der Waals surface area (Å²) >= 11 is 0. The van der Waals surface area contributed by atoms with Gasteiger partial charge in [0.15, 0.2) is 5.82 Å². The van der Waals surface area contributed by atoms with Gasteiger partial charge < -0.3 is 14.4 Å². The summed E-state index contributed by atoms with van der Waals surface area (Å²) in [7, 11) is 0. The second-order valence-electron chi connectivity index (χ2n) is 5.16. The largest absolute Gasteiger partial charge is 0.485 e. The van der Waals surface area contributed by atoms with Crippen LogP contribution in [0.3, 0.4) is 0 Å². The van der Waals surface area contributed by atoms with Crippen molar-refractivity contribution in [2.45, 2.75) is 39.3 Å². The van der Waals surface area contributed by atoms with Crippen LogP contribution in [-0.2, 0) is 19.6 Å². The third kappa shape index (κ3) is 2.61. The quantitative estimate of drug-likeness (QED) is 0.932. The molecular formula is C15H17N3O3. The van der Waals surface area contributed by atoms with Gasteiger partial charge in [0, 0.05) is 18.5 Å². The van der Waals surface area contributed by atoms with E-state index in [2.05, 4.69) is 14.8 Å². The second-order valence-corrected chi connectivity index (χ2v) is 5.16. The zero-order valence-electron chi connectivity index (χ0n) is 11.9. The molecule has 0 unspecified atom stereocenters. The zero-order chi connectivity index (χ0) is 14.8. The molecule has 2 aromatic rings. The molecule has 0 saturated carbocycles. The highest BCUT2D eigenvalue weighted by molar-refractivity contribution is 5.90. The number of aromatic carboxylic acids is 1. The van der Waals surface area contributed by atoms with Crippen molar-refractivity contribution >= 4 is 5.97 Å². The van der Waals surface area contributed by atoms with E-state index in [4.69, 9.17) is 9.84 Å². The molecule has 110 valence electrons. The summed E-state index contributed by atoms with van der Waals surface area (Å²) in [5, 5.41) is 17.5. The fourth-order valence-electron chi connectivity index (χ4n) is 2.62. The van der Waals surface area contributed by atoms with E-state index in [0.717, 1.165) is 37.5 Å². The number of aromatic nitrogens is 3. The van der Waals surface area contributed by atoms with Crippen molar-refractivity contribution in [2.75, 3.05) is 0 Å². The molecule has 0 atom stereocenters. The Morgan fingerprint density at radius 1 is 1.38 bits per heavy atom. The zero-order valence-corrected chi connectivity index (χ0v) is 11.9. The number of rotatable bonds is 4. The van der Waals surface area contributed by atoms with Gasteiger partial charge in [-0.15, -0.1) is 10.2 Å². The Morgan fingerprint density at radius 3 is 3.05 bits per heavy atom. The fourth-order valence-corrected chi connectivity index (χ4v) is 2.62. The van der Waals surface area contributed by atoms with Crippen LogP contribution in [0.25, 0.3) is 0 Å². The lowest BCUT2D eigenvalue weighted by Crippen LogP contribution is -2.14. The van der Waals surface area contributed by atoms with E-state index in [-0.39, 0.29) is 5.56 Å². The van der Waals surface area contributed by atoms with E-state index in [1.807, 2.05) is 0 Å². The van der Waals surface area contributed by atoms with E-state index in [1.165, 1.54) is 0 Å². The first-order chi connectivity index (χ1) is 10.2. The van der Waals surface area contributed by atoms with Gasteiger partial charge in [0.05, 0.1) is 5.56 Å². The third-order valence-electron chi connectivity index (χ3n) is 3.81. The van der Waals surface area contributed by atoms with Crippen molar-refractivity contribution < 1.29 is 14.6 Å². The first-order valence-electron chi connectivity index (χ1n) is 7.03. The maximum Gasteiger partial charge on any atom is 0.336 e. The van der Waals surface area contributed by atoms with Crippen LogP contribution in [0.5, 0.6) is 5.75 Å². The van der Waals surface area contributed by atoms with E-state index in [0.29, 0.717) is 17.9 Å². The highest BCUT2D eigenvalue weighted by Crippen LogP contribution is 2.23. The summed E-state index contributed by atoms with van der Waals surface area (Å²) in [6, 6.07) is 5.03. The number of fused-ring (bicyclic) bond motifs is 1. The number of hydrogen-bond donors (Lipinski definition) is 1. The van der Waals surface area contributed by atoms with Gasteiger partial charge in [0.25, 0.3) is 0 Å². The highest BCUT2D eigenvalue weighted by Gasteiger charge is 2.17. The first kappa shape index (κ1) is 13.6. The maximum atomic E-state index is 11.1. The van der Waals surface area contributed by atoms with Gasteiger partial charge in [-0.25, -0.2) is 4.79 Å². The van der Waals surface area contributed by atoms with Crippen LogP contribution in [0.1, 0.15) is 40.4 Å². The number of carbonyl (C=O) groups is 1. The first-order valence-corrected chi connectivity index (χ1v) is 7.03. The number of hydrogen-bond acceptors (Lipinski definition) is 4. The molecule has 0 amide bonds. The van der Waals surface area contributed by atoms with Crippen LogP contribution < -0.4 is 4.74 Å². The molecule has 1 aromatic heterocycles. The van der Waals surface area contributed by atoms with Crippen molar-refractivity contribution in [1.29, 1.82) is 0 Å². The van der Waals surface area contributed by atoms with Gasteiger partial charge in [-0.05, 0) is 31.9 Å². The molecule has 0 bridgehead atoms. The van der Waals surface area contributed by atoms with E-state index >= 15 is 0 Å². The van der Waals surface area contributed by atoms with Crippen LogP contribution in [0.2, 0.25) is 0 Å². The van der Waals surface area contributed by atoms with Crippen LogP contribution in [-0.4, -0.2) is 25.8 Å². The number of nitrogens with zero attached hydrogens (tertiary/aromatic N) is 3. The summed E-state index contributed by atoms with van der Waals surface area (Å²) in [5.74, 6) is 1.43. The monoisotopic (exact) mass is 287 g/mol. The lowest BCUT2D eigenvalue weighted by molar-refractivity contribution is 0.0695. The lowest BCUT2D eigenvalue weighted by Gasteiger charge is -2.15. The molecule has 21 heavy (non-hydrogen) atoms. The molecule has 1 aliphatic rings. The van der Waals surface area contributed by atoms with Crippen molar-refractivity contribution in [3.63, 3.8) is 0 Å². The molecule has 1 N–H and O–H groups in total.